The van der Waals surface area contributed by atoms with Crippen LogP contribution in [0.1, 0.15) is 34.5 Å². The Morgan fingerprint density at radius 3 is 2.39 bits per heavy atom. The standard InChI is InChI=1S/C26H18F4N6O2/c1-14(37)15-10-21-22(33-13-15)24(36(35-21)16-6-3-2-4-7-16)34-25(38)18-11-17(23-31-8-5-9-32-23)19(12-20(18)27)26(28,29)30/h2-14,37H,1H3,(H,34,38). The Morgan fingerprint density at radius 2 is 1.74 bits per heavy atom. The van der Waals surface area contributed by atoms with Crippen LogP contribution < -0.4 is 5.32 Å². The summed E-state index contributed by atoms with van der Waals surface area (Å²) >= 11 is 0. The molecule has 3 heterocycles. The van der Waals surface area contributed by atoms with Gasteiger partial charge in [-0.05, 0) is 43.3 Å². The molecule has 0 aliphatic heterocycles. The van der Waals surface area contributed by atoms with Crippen LogP contribution in [-0.2, 0) is 6.18 Å². The van der Waals surface area contributed by atoms with Gasteiger partial charge in [-0.25, -0.2) is 19.0 Å². The number of aliphatic hydroxyl groups is 1. The number of hydrogen-bond acceptors (Lipinski definition) is 6. The molecular formula is C26H18F4N6O2. The Kier molecular flexibility index (Phi) is 6.33. The average Bonchev–Trinajstić information content (AvgIpc) is 3.26. The summed E-state index contributed by atoms with van der Waals surface area (Å²) in [4.78, 5) is 25.3. The molecule has 1 amide bonds. The van der Waals surface area contributed by atoms with E-state index in [1.807, 2.05) is 0 Å². The van der Waals surface area contributed by atoms with E-state index in [-0.39, 0.29) is 23.2 Å². The van der Waals surface area contributed by atoms with E-state index in [1.165, 1.54) is 29.3 Å². The van der Waals surface area contributed by atoms with Gasteiger partial charge >= 0.3 is 6.18 Å². The molecule has 1 atom stereocenters. The van der Waals surface area contributed by atoms with Gasteiger partial charge in [0.2, 0.25) is 0 Å². The third-order valence-corrected chi connectivity index (χ3v) is 5.71. The molecule has 0 radical (unpaired) electrons. The fourth-order valence-corrected chi connectivity index (χ4v) is 3.86. The summed E-state index contributed by atoms with van der Waals surface area (Å²) in [7, 11) is 0. The number of halogens is 4. The number of benzene rings is 2. The largest absolute Gasteiger partial charge is 0.417 e. The van der Waals surface area contributed by atoms with Gasteiger partial charge in [-0.3, -0.25) is 9.78 Å². The van der Waals surface area contributed by atoms with Gasteiger partial charge in [-0.15, -0.1) is 0 Å². The molecule has 2 aromatic carbocycles. The van der Waals surface area contributed by atoms with Crippen LogP contribution in [0.5, 0.6) is 0 Å². The van der Waals surface area contributed by atoms with E-state index >= 15 is 0 Å². The van der Waals surface area contributed by atoms with Crippen LogP contribution in [0.4, 0.5) is 23.4 Å². The predicted molar refractivity (Wildman–Crippen MR) is 130 cm³/mol. The van der Waals surface area contributed by atoms with Crippen molar-refractivity contribution in [2.75, 3.05) is 5.32 Å². The third-order valence-electron chi connectivity index (χ3n) is 5.71. The molecule has 8 nitrogen and oxygen atoms in total. The lowest BCUT2D eigenvalue weighted by atomic mass is 10.0. The zero-order valence-electron chi connectivity index (χ0n) is 19.6. The lowest BCUT2D eigenvalue weighted by Gasteiger charge is -2.15. The fourth-order valence-electron chi connectivity index (χ4n) is 3.86. The maximum absolute atomic E-state index is 15.0. The zero-order chi connectivity index (χ0) is 27.0. The minimum absolute atomic E-state index is 0.0603. The van der Waals surface area contributed by atoms with Crippen LogP contribution in [0.3, 0.4) is 0 Å². The molecule has 0 bridgehead atoms. The Hall–Kier alpha value is -4.71. The molecule has 0 spiro atoms. The highest BCUT2D eigenvalue weighted by molar-refractivity contribution is 6.08. The second-order valence-electron chi connectivity index (χ2n) is 8.31. The van der Waals surface area contributed by atoms with Crippen LogP contribution >= 0.6 is 0 Å². The number of aliphatic hydroxyl groups excluding tert-OH is 1. The average molecular weight is 522 g/mol. The first-order valence-corrected chi connectivity index (χ1v) is 11.2. The van der Waals surface area contributed by atoms with Crippen LogP contribution in [0.2, 0.25) is 0 Å². The molecule has 3 aromatic heterocycles. The number of fused-ring (bicyclic) bond motifs is 1. The van der Waals surface area contributed by atoms with Crippen LogP contribution in [0, 0.1) is 5.82 Å². The lowest BCUT2D eigenvalue weighted by Crippen LogP contribution is -2.19. The number of nitrogens with one attached hydrogen (secondary N) is 1. The molecule has 192 valence electrons. The normalized spacial score (nSPS) is 12.5. The summed E-state index contributed by atoms with van der Waals surface area (Å²) < 4.78 is 57.4. The minimum atomic E-state index is -4.92. The number of anilines is 1. The Balaban J connectivity index is 1.63. The van der Waals surface area contributed by atoms with Gasteiger partial charge < -0.3 is 10.4 Å². The first kappa shape index (κ1) is 25.0. The summed E-state index contributed by atoms with van der Waals surface area (Å²) in [5.74, 6) is -2.67. The monoisotopic (exact) mass is 522 g/mol. The summed E-state index contributed by atoms with van der Waals surface area (Å²) in [5, 5.41) is 16.9. The van der Waals surface area contributed by atoms with Gasteiger partial charge in [0.15, 0.2) is 11.6 Å². The van der Waals surface area contributed by atoms with Gasteiger partial charge in [0.25, 0.3) is 5.91 Å². The van der Waals surface area contributed by atoms with Gasteiger partial charge in [0.1, 0.15) is 16.9 Å². The molecule has 0 saturated carbocycles. The Morgan fingerprint density at radius 1 is 1.03 bits per heavy atom. The number of alkyl halides is 3. The molecule has 5 rings (SSSR count). The SMILES string of the molecule is CC(O)c1cnc2c(NC(=O)c3cc(-c4ncccn4)c(C(F)(F)F)cc3F)n(-c3ccccc3)nc2c1. The minimum Gasteiger partial charge on any atom is -0.389 e. The first-order valence-electron chi connectivity index (χ1n) is 11.2. The molecule has 5 aromatic rings. The van der Waals surface area contributed by atoms with E-state index in [4.69, 9.17) is 0 Å². The summed E-state index contributed by atoms with van der Waals surface area (Å²) in [6.45, 7) is 1.56. The van der Waals surface area contributed by atoms with Gasteiger partial charge in [0.05, 0.1) is 22.9 Å². The summed E-state index contributed by atoms with van der Waals surface area (Å²) in [6.07, 6.45) is -1.86. The highest BCUT2D eigenvalue weighted by Crippen LogP contribution is 2.38. The van der Waals surface area contributed by atoms with Crippen molar-refractivity contribution in [1.29, 1.82) is 0 Å². The smallest absolute Gasteiger partial charge is 0.389 e. The van der Waals surface area contributed by atoms with Crippen molar-refractivity contribution in [3.05, 3.63) is 95.7 Å². The number of carbonyl (C=O) groups is 1. The second kappa shape index (κ2) is 9.63. The highest BCUT2D eigenvalue weighted by atomic mass is 19.4. The molecule has 0 aliphatic carbocycles. The molecule has 12 heteroatoms. The number of carbonyl (C=O) groups excluding carboxylic acids is 1. The highest BCUT2D eigenvalue weighted by Gasteiger charge is 2.36. The number of para-hydroxylation sites is 1. The molecule has 0 saturated heterocycles. The zero-order valence-corrected chi connectivity index (χ0v) is 19.6. The van der Waals surface area contributed by atoms with E-state index in [9.17, 15) is 27.5 Å². The van der Waals surface area contributed by atoms with Crippen molar-refractivity contribution in [3.63, 3.8) is 0 Å². The van der Waals surface area contributed by atoms with Crippen LogP contribution in [0.15, 0.2) is 73.2 Å². The van der Waals surface area contributed by atoms with E-state index in [2.05, 4.69) is 25.4 Å². The van der Waals surface area contributed by atoms with Crippen molar-refractivity contribution in [3.8, 4) is 17.1 Å². The van der Waals surface area contributed by atoms with Crippen molar-refractivity contribution in [2.45, 2.75) is 19.2 Å². The molecule has 0 fully saturated rings. The quantitative estimate of drug-likeness (QED) is 0.302. The Bertz CT molecular complexity index is 1640. The van der Waals surface area contributed by atoms with E-state index in [1.54, 1.807) is 43.3 Å². The number of hydrogen-bond donors (Lipinski definition) is 2. The van der Waals surface area contributed by atoms with Crippen LogP contribution in [-0.4, -0.2) is 35.7 Å². The number of pyridine rings is 1. The fraction of sp³-hybridized carbons (Fsp3) is 0.115. The second-order valence-corrected chi connectivity index (χ2v) is 8.31. The van der Waals surface area contributed by atoms with Crippen molar-refractivity contribution in [1.82, 2.24) is 24.7 Å². The van der Waals surface area contributed by atoms with Crippen molar-refractivity contribution < 1.29 is 27.5 Å². The molecule has 38 heavy (non-hydrogen) atoms. The number of nitrogens with zero attached hydrogens (tertiary/aromatic N) is 5. The molecular weight excluding hydrogens is 504 g/mol. The summed E-state index contributed by atoms with van der Waals surface area (Å²) in [6, 6.07) is 12.7. The summed E-state index contributed by atoms with van der Waals surface area (Å²) in [5.41, 5.74) is -0.954. The van der Waals surface area contributed by atoms with Gasteiger partial charge in [0, 0.05) is 29.7 Å². The number of aromatic nitrogens is 5. The molecule has 0 aliphatic rings. The van der Waals surface area contributed by atoms with Crippen LogP contribution in [0.25, 0.3) is 28.1 Å². The third kappa shape index (κ3) is 4.68. The maximum atomic E-state index is 15.0. The lowest BCUT2D eigenvalue weighted by molar-refractivity contribution is -0.137. The Labute approximate surface area is 212 Å². The predicted octanol–water partition coefficient (Wildman–Crippen LogP) is 5.34. The van der Waals surface area contributed by atoms with Crippen molar-refractivity contribution >= 4 is 22.8 Å². The van der Waals surface area contributed by atoms with Crippen molar-refractivity contribution in [2.24, 2.45) is 0 Å². The van der Waals surface area contributed by atoms with Gasteiger partial charge in [-0.2, -0.15) is 18.3 Å². The topological polar surface area (TPSA) is 106 Å². The number of amides is 1. The van der Waals surface area contributed by atoms with E-state index in [0.717, 1.165) is 6.07 Å². The van der Waals surface area contributed by atoms with E-state index < -0.39 is 40.7 Å². The van der Waals surface area contributed by atoms with E-state index in [0.29, 0.717) is 16.8 Å². The molecule has 1 unspecified atom stereocenters. The first-order chi connectivity index (χ1) is 18.1. The number of rotatable bonds is 5. The maximum Gasteiger partial charge on any atom is 0.417 e. The van der Waals surface area contributed by atoms with Gasteiger partial charge in [-0.1, -0.05) is 18.2 Å². The molecule has 2 N–H and O–H groups in total.